The van der Waals surface area contributed by atoms with Crippen LogP contribution >= 0.6 is 27.5 Å². The maximum absolute atomic E-state index is 6.34. The molecule has 0 saturated heterocycles. The van der Waals surface area contributed by atoms with Crippen LogP contribution in [0.1, 0.15) is 30.5 Å². The van der Waals surface area contributed by atoms with E-state index in [1.807, 2.05) is 36.3 Å². The summed E-state index contributed by atoms with van der Waals surface area (Å²) >= 11 is 9.84. The molecule has 0 fully saturated rings. The zero-order valence-corrected chi connectivity index (χ0v) is 13.4. The van der Waals surface area contributed by atoms with Crippen LogP contribution in [-0.2, 0) is 7.05 Å². The Kier molecular flexibility index (Phi) is 5.02. The summed E-state index contributed by atoms with van der Waals surface area (Å²) in [5, 5.41) is 8.53. The first-order valence-corrected chi connectivity index (χ1v) is 7.45. The van der Waals surface area contributed by atoms with Crippen LogP contribution in [0.4, 0.5) is 0 Å². The monoisotopic (exact) mass is 341 g/mol. The van der Waals surface area contributed by atoms with Crippen molar-refractivity contribution in [2.45, 2.75) is 19.4 Å². The van der Waals surface area contributed by atoms with E-state index in [2.05, 4.69) is 39.3 Å². The number of hydrogen-bond acceptors (Lipinski definition) is 2. The van der Waals surface area contributed by atoms with E-state index in [9.17, 15) is 0 Å². The number of aryl methyl sites for hydroxylation is 1. The second kappa shape index (κ2) is 6.55. The Hall–Kier alpha value is -0.840. The fraction of sp³-hybridized carbons (Fsp3) is 0.357. The van der Waals surface area contributed by atoms with Crippen LogP contribution in [0.5, 0.6) is 0 Å². The van der Waals surface area contributed by atoms with Crippen LogP contribution < -0.4 is 5.32 Å². The molecule has 1 unspecified atom stereocenters. The lowest BCUT2D eigenvalue weighted by Gasteiger charge is -2.19. The molecule has 2 rings (SSSR count). The molecule has 0 aliphatic heterocycles. The molecular formula is C14H17BrClN3. The van der Waals surface area contributed by atoms with Gasteiger partial charge in [-0.3, -0.25) is 4.68 Å². The predicted molar refractivity (Wildman–Crippen MR) is 82.5 cm³/mol. The summed E-state index contributed by atoms with van der Waals surface area (Å²) in [5.41, 5.74) is 2.19. The molecule has 0 amide bonds. The molecule has 102 valence electrons. The second-order valence-electron chi connectivity index (χ2n) is 4.50. The Labute approximate surface area is 127 Å². The maximum Gasteiger partial charge on any atom is 0.0623 e. The fourth-order valence-electron chi connectivity index (χ4n) is 2.02. The SMILES string of the molecule is CCCNC(c1cnn(C)c1)c1cc(Br)ccc1Cl. The van der Waals surface area contributed by atoms with E-state index < -0.39 is 0 Å². The Morgan fingerprint density at radius 2 is 2.26 bits per heavy atom. The van der Waals surface area contributed by atoms with Crippen molar-refractivity contribution >= 4 is 27.5 Å². The minimum absolute atomic E-state index is 0.0682. The highest BCUT2D eigenvalue weighted by molar-refractivity contribution is 9.10. The zero-order valence-electron chi connectivity index (χ0n) is 11.0. The predicted octanol–water partition coefficient (Wildman–Crippen LogP) is 3.93. The average molecular weight is 343 g/mol. The lowest BCUT2D eigenvalue weighted by atomic mass is 10.0. The van der Waals surface area contributed by atoms with Gasteiger partial charge in [0.1, 0.15) is 0 Å². The zero-order chi connectivity index (χ0) is 13.8. The highest BCUT2D eigenvalue weighted by Crippen LogP contribution is 2.30. The number of nitrogens with one attached hydrogen (secondary N) is 1. The van der Waals surface area contributed by atoms with Crippen molar-refractivity contribution in [1.82, 2.24) is 15.1 Å². The maximum atomic E-state index is 6.34. The van der Waals surface area contributed by atoms with Gasteiger partial charge in [0.05, 0.1) is 12.2 Å². The van der Waals surface area contributed by atoms with Gasteiger partial charge in [-0.05, 0) is 36.7 Å². The molecule has 1 aromatic carbocycles. The third-order valence-corrected chi connectivity index (χ3v) is 3.76. The lowest BCUT2D eigenvalue weighted by Crippen LogP contribution is -2.23. The summed E-state index contributed by atoms with van der Waals surface area (Å²) in [5.74, 6) is 0. The topological polar surface area (TPSA) is 29.9 Å². The lowest BCUT2D eigenvalue weighted by molar-refractivity contribution is 0.598. The van der Waals surface area contributed by atoms with Gasteiger partial charge in [0, 0.05) is 28.3 Å². The molecule has 0 aliphatic rings. The highest BCUT2D eigenvalue weighted by Gasteiger charge is 2.18. The number of halogens is 2. The third-order valence-electron chi connectivity index (χ3n) is 2.93. The summed E-state index contributed by atoms with van der Waals surface area (Å²) in [4.78, 5) is 0. The van der Waals surface area contributed by atoms with E-state index in [0.29, 0.717) is 0 Å². The molecule has 5 heteroatoms. The molecule has 2 aromatic rings. The van der Waals surface area contributed by atoms with Gasteiger partial charge in [-0.2, -0.15) is 5.10 Å². The molecule has 0 aliphatic carbocycles. The van der Waals surface area contributed by atoms with Crippen molar-refractivity contribution < 1.29 is 0 Å². The van der Waals surface area contributed by atoms with Gasteiger partial charge in [0.25, 0.3) is 0 Å². The van der Waals surface area contributed by atoms with Crippen LogP contribution in [-0.4, -0.2) is 16.3 Å². The van der Waals surface area contributed by atoms with Gasteiger partial charge < -0.3 is 5.32 Å². The van der Waals surface area contributed by atoms with Crippen molar-refractivity contribution in [3.8, 4) is 0 Å². The molecular weight excluding hydrogens is 326 g/mol. The molecule has 0 saturated carbocycles. The Balaban J connectivity index is 2.39. The molecule has 1 aromatic heterocycles. The van der Waals surface area contributed by atoms with Crippen molar-refractivity contribution in [2.75, 3.05) is 6.54 Å². The van der Waals surface area contributed by atoms with Crippen molar-refractivity contribution in [2.24, 2.45) is 7.05 Å². The largest absolute Gasteiger partial charge is 0.306 e. The number of nitrogens with zero attached hydrogens (tertiary/aromatic N) is 2. The molecule has 3 nitrogen and oxygen atoms in total. The van der Waals surface area contributed by atoms with Gasteiger partial charge in [0.15, 0.2) is 0 Å². The molecule has 1 atom stereocenters. The van der Waals surface area contributed by atoms with E-state index in [0.717, 1.165) is 33.6 Å². The molecule has 0 radical (unpaired) electrons. The molecule has 19 heavy (non-hydrogen) atoms. The van der Waals surface area contributed by atoms with Crippen LogP contribution in [0.25, 0.3) is 0 Å². The summed E-state index contributed by atoms with van der Waals surface area (Å²) in [7, 11) is 1.92. The van der Waals surface area contributed by atoms with Gasteiger partial charge >= 0.3 is 0 Å². The molecule has 1 heterocycles. The smallest absolute Gasteiger partial charge is 0.0623 e. The molecule has 0 bridgehead atoms. The average Bonchev–Trinajstić information content (AvgIpc) is 2.80. The normalized spacial score (nSPS) is 12.6. The molecule has 1 N–H and O–H groups in total. The van der Waals surface area contributed by atoms with Crippen LogP contribution in [0, 0.1) is 0 Å². The van der Waals surface area contributed by atoms with Crippen LogP contribution in [0.15, 0.2) is 35.1 Å². The van der Waals surface area contributed by atoms with Gasteiger partial charge in [0.2, 0.25) is 0 Å². The summed E-state index contributed by atoms with van der Waals surface area (Å²) in [6.07, 6.45) is 4.97. The highest BCUT2D eigenvalue weighted by atomic mass is 79.9. The van der Waals surface area contributed by atoms with Gasteiger partial charge in [-0.1, -0.05) is 34.5 Å². The number of rotatable bonds is 5. The van der Waals surface area contributed by atoms with E-state index in [1.165, 1.54) is 0 Å². The van der Waals surface area contributed by atoms with E-state index >= 15 is 0 Å². The first-order valence-electron chi connectivity index (χ1n) is 6.28. The minimum Gasteiger partial charge on any atom is -0.306 e. The summed E-state index contributed by atoms with van der Waals surface area (Å²) in [6, 6.07) is 5.99. The third kappa shape index (κ3) is 3.59. The quantitative estimate of drug-likeness (QED) is 0.892. The first kappa shape index (κ1) is 14.6. The number of hydrogen-bond donors (Lipinski definition) is 1. The van der Waals surface area contributed by atoms with E-state index in [-0.39, 0.29) is 6.04 Å². The van der Waals surface area contributed by atoms with Crippen LogP contribution in [0.2, 0.25) is 5.02 Å². The Morgan fingerprint density at radius 1 is 1.47 bits per heavy atom. The minimum atomic E-state index is 0.0682. The molecule has 0 spiro atoms. The Bertz CT molecular complexity index is 553. The van der Waals surface area contributed by atoms with Crippen molar-refractivity contribution in [1.29, 1.82) is 0 Å². The van der Waals surface area contributed by atoms with Crippen LogP contribution in [0.3, 0.4) is 0 Å². The summed E-state index contributed by atoms with van der Waals surface area (Å²) < 4.78 is 2.83. The number of aromatic nitrogens is 2. The van der Waals surface area contributed by atoms with Crippen molar-refractivity contribution in [3.63, 3.8) is 0 Å². The summed E-state index contributed by atoms with van der Waals surface area (Å²) in [6.45, 7) is 3.08. The van der Waals surface area contributed by atoms with Crippen molar-refractivity contribution in [3.05, 3.63) is 51.2 Å². The van der Waals surface area contributed by atoms with Gasteiger partial charge in [-0.25, -0.2) is 0 Å². The first-order chi connectivity index (χ1) is 9.11. The fourth-order valence-corrected chi connectivity index (χ4v) is 2.63. The van der Waals surface area contributed by atoms with E-state index in [4.69, 9.17) is 11.6 Å². The standard InChI is InChI=1S/C14H17BrClN3/c1-3-6-17-14(10-8-18-19(2)9-10)12-7-11(15)4-5-13(12)16/h4-5,7-9,14,17H,3,6H2,1-2H3. The number of benzene rings is 1. The van der Waals surface area contributed by atoms with E-state index in [1.54, 1.807) is 0 Å². The second-order valence-corrected chi connectivity index (χ2v) is 5.82. The Morgan fingerprint density at radius 3 is 2.89 bits per heavy atom. The van der Waals surface area contributed by atoms with Gasteiger partial charge in [-0.15, -0.1) is 0 Å².